The highest BCUT2D eigenvalue weighted by Gasteiger charge is 2.26. The van der Waals surface area contributed by atoms with Gasteiger partial charge in [0.2, 0.25) is 15.9 Å². The highest BCUT2D eigenvalue weighted by molar-refractivity contribution is 7.89. The fourth-order valence-electron chi connectivity index (χ4n) is 2.85. The average molecular weight is 354 g/mol. The number of piperidine rings is 1. The van der Waals surface area contributed by atoms with Crippen molar-refractivity contribution in [1.82, 2.24) is 9.62 Å². The molecular weight excluding hydrogens is 328 g/mol. The maximum Gasteiger partial charge on any atom is 0.241 e. The molecule has 0 bridgehead atoms. The molecule has 24 heavy (non-hydrogen) atoms. The second kappa shape index (κ2) is 7.98. The summed E-state index contributed by atoms with van der Waals surface area (Å²) in [5, 5.41) is 0. The lowest BCUT2D eigenvalue weighted by Crippen LogP contribution is -2.48. The zero-order valence-electron chi connectivity index (χ0n) is 14.5. The second-order valence-corrected chi connectivity index (χ2v) is 7.80. The molecule has 1 atom stereocenters. The summed E-state index contributed by atoms with van der Waals surface area (Å²) >= 11 is 0. The quantitative estimate of drug-likeness (QED) is 0.848. The van der Waals surface area contributed by atoms with Crippen LogP contribution in [0.1, 0.15) is 38.7 Å². The number of nitrogens with zero attached hydrogens (tertiary/aromatic N) is 1. The van der Waals surface area contributed by atoms with Crippen molar-refractivity contribution in [2.45, 2.75) is 51.0 Å². The standard InChI is InChI=1S/C17H26N2O4S/c1-4-23-16-9-8-15(12-13(16)2)24(21,22)18-14(3)17(20)19-10-6-5-7-11-19/h8-9,12,14,18H,4-7,10-11H2,1-3H3/t14-/m1/s1. The molecule has 0 aliphatic carbocycles. The molecule has 7 heteroatoms. The molecule has 0 radical (unpaired) electrons. The number of carbonyl (C=O) groups excluding carboxylic acids is 1. The third-order valence-electron chi connectivity index (χ3n) is 4.13. The normalized spacial score (nSPS) is 16.7. The molecule has 1 N–H and O–H groups in total. The molecular formula is C17H26N2O4S. The molecule has 1 aromatic rings. The van der Waals surface area contributed by atoms with Gasteiger partial charge in [0.25, 0.3) is 0 Å². The van der Waals surface area contributed by atoms with Gasteiger partial charge in [0, 0.05) is 13.1 Å². The Kier molecular flexibility index (Phi) is 6.23. The zero-order valence-corrected chi connectivity index (χ0v) is 15.4. The molecule has 0 unspecified atom stereocenters. The monoisotopic (exact) mass is 354 g/mol. The molecule has 0 saturated carbocycles. The van der Waals surface area contributed by atoms with Crippen molar-refractivity contribution in [1.29, 1.82) is 0 Å². The molecule has 1 aliphatic rings. The number of nitrogens with one attached hydrogen (secondary N) is 1. The maximum atomic E-state index is 12.5. The predicted octanol–water partition coefficient (Wildman–Crippen LogP) is 2.07. The van der Waals surface area contributed by atoms with Crippen molar-refractivity contribution in [3.8, 4) is 5.75 Å². The number of amides is 1. The Bertz CT molecular complexity index is 682. The first-order chi connectivity index (χ1) is 11.3. The lowest BCUT2D eigenvalue weighted by Gasteiger charge is -2.29. The highest BCUT2D eigenvalue weighted by atomic mass is 32.2. The van der Waals surface area contributed by atoms with Crippen LogP contribution in [0.25, 0.3) is 0 Å². The van der Waals surface area contributed by atoms with Gasteiger partial charge in [0.1, 0.15) is 5.75 Å². The van der Waals surface area contributed by atoms with E-state index in [1.165, 1.54) is 6.07 Å². The predicted molar refractivity (Wildman–Crippen MR) is 92.6 cm³/mol. The molecule has 1 aliphatic heterocycles. The molecule has 1 saturated heterocycles. The van der Waals surface area contributed by atoms with E-state index in [2.05, 4.69) is 4.72 Å². The summed E-state index contributed by atoms with van der Waals surface area (Å²) in [6.45, 7) is 7.19. The van der Waals surface area contributed by atoms with Crippen LogP contribution < -0.4 is 9.46 Å². The number of benzene rings is 1. The van der Waals surface area contributed by atoms with Gasteiger partial charge in [-0.3, -0.25) is 4.79 Å². The average Bonchev–Trinajstić information content (AvgIpc) is 2.56. The van der Waals surface area contributed by atoms with E-state index in [0.29, 0.717) is 25.4 Å². The first kappa shape index (κ1) is 18.7. The van der Waals surface area contributed by atoms with E-state index in [-0.39, 0.29) is 10.8 Å². The van der Waals surface area contributed by atoms with Crippen LogP contribution in [-0.2, 0) is 14.8 Å². The van der Waals surface area contributed by atoms with Crippen LogP contribution >= 0.6 is 0 Å². The summed E-state index contributed by atoms with van der Waals surface area (Å²) in [5.74, 6) is 0.495. The number of aryl methyl sites for hydroxylation is 1. The van der Waals surface area contributed by atoms with Crippen molar-refractivity contribution in [2.75, 3.05) is 19.7 Å². The third-order valence-corrected chi connectivity index (χ3v) is 5.67. The molecule has 0 spiro atoms. The van der Waals surface area contributed by atoms with Crippen LogP contribution in [0.4, 0.5) is 0 Å². The smallest absolute Gasteiger partial charge is 0.241 e. The number of rotatable bonds is 6. The van der Waals surface area contributed by atoms with Crippen LogP contribution in [0.5, 0.6) is 5.75 Å². The lowest BCUT2D eigenvalue weighted by atomic mass is 10.1. The van der Waals surface area contributed by atoms with E-state index >= 15 is 0 Å². The van der Waals surface area contributed by atoms with Gasteiger partial charge in [-0.25, -0.2) is 8.42 Å². The minimum atomic E-state index is -3.75. The van der Waals surface area contributed by atoms with Gasteiger partial charge in [0.05, 0.1) is 17.5 Å². The van der Waals surface area contributed by atoms with Crippen molar-refractivity contribution in [2.24, 2.45) is 0 Å². The number of hydrogen-bond acceptors (Lipinski definition) is 4. The molecule has 2 rings (SSSR count). The van der Waals surface area contributed by atoms with E-state index in [4.69, 9.17) is 4.74 Å². The van der Waals surface area contributed by atoms with Gasteiger partial charge < -0.3 is 9.64 Å². The Labute approximate surface area is 144 Å². The molecule has 134 valence electrons. The minimum Gasteiger partial charge on any atom is -0.494 e. The van der Waals surface area contributed by atoms with Gasteiger partial charge in [-0.15, -0.1) is 0 Å². The van der Waals surface area contributed by atoms with E-state index < -0.39 is 16.1 Å². The van der Waals surface area contributed by atoms with E-state index in [1.54, 1.807) is 30.9 Å². The summed E-state index contributed by atoms with van der Waals surface area (Å²) in [7, 11) is -3.75. The minimum absolute atomic E-state index is 0.141. The third kappa shape index (κ3) is 4.48. The van der Waals surface area contributed by atoms with Crippen LogP contribution in [0.2, 0.25) is 0 Å². The molecule has 0 aromatic heterocycles. The van der Waals surface area contributed by atoms with Gasteiger partial charge in [-0.1, -0.05) is 0 Å². The molecule has 1 fully saturated rings. The topological polar surface area (TPSA) is 75.7 Å². The molecule has 6 nitrogen and oxygen atoms in total. The van der Waals surface area contributed by atoms with Crippen LogP contribution in [0.15, 0.2) is 23.1 Å². The highest BCUT2D eigenvalue weighted by Crippen LogP contribution is 2.22. The molecule has 1 heterocycles. The van der Waals surface area contributed by atoms with Crippen molar-refractivity contribution < 1.29 is 17.9 Å². The number of likely N-dealkylation sites (tertiary alicyclic amines) is 1. The SMILES string of the molecule is CCOc1ccc(S(=O)(=O)N[C@H](C)C(=O)N2CCCCC2)cc1C. The van der Waals surface area contributed by atoms with Gasteiger partial charge >= 0.3 is 0 Å². The number of hydrogen-bond donors (Lipinski definition) is 1. The Morgan fingerprint density at radius 2 is 1.96 bits per heavy atom. The van der Waals surface area contributed by atoms with Crippen LogP contribution in [0.3, 0.4) is 0 Å². The molecule has 1 amide bonds. The Balaban J connectivity index is 2.09. The Morgan fingerprint density at radius 1 is 1.29 bits per heavy atom. The van der Waals surface area contributed by atoms with Gasteiger partial charge in [-0.05, 0) is 63.8 Å². The van der Waals surface area contributed by atoms with E-state index in [0.717, 1.165) is 24.8 Å². The number of carbonyl (C=O) groups is 1. The first-order valence-electron chi connectivity index (χ1n) is 8.39. The van der Waals surface area contributed by atoms with Gasteiger partial charge in [0.15, 0.2) is 0 Å². The first-order valence-corrected chi connectivity index (χ1v) is 9.88. The summed E-state index contributed by atoms with van der Waals surface area (Å²) < 4.78 is 33.0. The molecule has 1 aromatic carbocycles. The fourth-order valence-corrected chi connectivity index (χ4v) is 4.13. The second-order valence-electron chi connectivity index (χ2n) is 6.09. The van der Waals surface area contributed by atoms with Gasteiger partial charge in [-0.2, -0.15) is 4.72 Å². The summed E-state index contributed by atoms with van der Waals surface area (Å²) in [6.07, 6.45) is 3.07. The summed E-state index contributed by atoms with van der Waals surface area (Å²) in [6, 6.07) is 3.92. The number of sulfonamides is 1. The maximum absolute atomic E-state index is 12.5. The van der Waals surface area contributed by atoms with Crippen molar-refractivity contribution in [3.63, 3.8) is 0 Å². The summed E-state index contributed by atoms with van der Waals surface area (Å²) in [4.78, 5) is 14.3. The van der Waals surface area contributed by atoms with E-state index in [1.807, 2.05) is 6.92 Å². The van der Waals surface area contributed by atoms with Crippen molar-refractivity contribution >= 4 is 15.9 Å². The zero-order chi connectivity index (χ0) is 17.7. The largest absolute Gasteiger partial charge is 0.494 e. The van der Waals surface area contributed by atoms with E-state index in [9.17, 15) is 13.2 Å². The van der Waals surface area contributed by atoms with Crippen molar-refractivity contribution in [3.05, 3.63) is 23.8 Å². The summed E-state index contributed by atoms with van der Waals surface area (Å²) in [5.41, 5.74) is 0.745. The Hall–Kier alpha value is -1.60. The fraction of sp³-hybridized carbons (Fsp3) is 0.588. The van der Waals surface area contributed by atoms with Crippen LogP contribution in [0, 0.1) is 6.92 Å². The number of ether oxygens (including phenoxy) is 1. The Morgan fingerprint density at radius 3 is 2.54 bits per heavy atom. The van der Waals surface area contributed by atoms with Crippen LogP contribution in [-0.4, -0.2) is 45.0 Å². The lowest BCUT2D eigenvalue weighted by molar-refractivity contribution is -0.133.